The highest BCUT2D eigenvalue weighted by atomic mass is 127. The van der Waals surface area contributed by atoms with Crippen LogP contribution >= 0.6 is 24.0 Å². The second kappa shape index (κ2) is 14.6. The van der Waals surface area contributed by atoms with Gasteiger partial charge in [0.1, 0.15) is 12.4 Å². The molecule has 2 N–H and O–H groups in total. The summed E-state index contributed by atoms with van der Waals surface area (Å²) in [5.74, 6) is 1.72. The highest BCUT2D eigenvalue weighted by molar-refractivity contribution is 14.0. The number of rotatable bonds is 10. The van der Waals surface area contributed by atoms with Crippen molar-refractivity contribution in [3.05, 3.63) is 29.8 Å². The molecule has 1 rings (SSSR count). The van der Waals surface area contributed by atoms with E-state index in [1.54, 1.807) is 0 Å². The monoisotopic (exact) mass is 435 g/mol. The Kier molecular flexibility index (Phi) is 13.9. The Morgan fingerprint density at radius 1 is 1.09 bits per heavy atom. The highest BCUT2D eigenvalue weighted by Crippen LogP contribution is 2.10. The molecule has 0 heterocycles. The standard InChI is InChI=1S/C17H29N3O2.HI/c1-4-18-17(19-11-6-13-21-5-2)20-12-14-22-16-9-7-15(3)8-10-16;/h7-10H,4-6,11-14H2,1-3H3,(H2,18,19,20);1H. The van der Waals surface area contributed by atoms with Crippen molar-refractivity contribution in [2.45, 2.75) is 27.2 Å². The summed E-state index contributed by atoms with van der Waals surface area (Å²) in [5.41, 5.74) is 1.24. The molecular formula is C17H30IN3O2. The molecule has 5 nitrogen and oxygen atoms in total. The predicted octanol–water partition coefficient (Wildman–Crippen LogP) is 2.97. The van der Waals surface area contributed by atoms with Gasteiger partial charge in [-0.1, -0.05) is 17.7 Å². The van der Waals surface area contributed by atoms with Crippen LogP contribution in [0.1, 0.15) is 25.8 Å². The Morgan fingerprint density at radius 2 is 1.83 bits per heavy atom. The molecule has 0 atom stereocenters. The minimum absolute atomic E-state index is 0. The van der Waals surface area contributed by atoms with Gasteiger partial charge in [0.25, 0.3) is 0 Å². The van der Waals surface area contributed by atoms with Crippen LogP contribution in [-0.4, -0.2) is 45.4 Å². The van der Waals surface area contributed by atoms with E-state index in [0.717, 1.165) is 44.4 Å². The van der Waals surface area contributed by atoms with E-state index in [0.29, 0.717) is 13.2 Å². The fraction of sp³-hybridized carbons (Fsp3) is 0.588. The fourth-order valence-corrected chi connectivity index (χ4v) is 1.82. The molecule has 0 aliphatic heterocycles. The van der Waals surface area contributed by atoms with E-state index in [1.807, 2.05) is 31.2 Å². The van der Waals surface area contributed by atoms with Gasteiger partial charge in [0, 0.05) is 26.3 Å². The van der Waals surface area contributed by atoms with Gasteiger partial charge >= 0.3 is 0 Å². The quantitative estimate of drug-likeness (QED) is 0.257. The van der Waals surface area contributed by atoms with Crippen molar-refractivity contribution in [1.29, 1.82) is 0 Å². The normalized spacial score (nSPS) is 10.8. The SMILES string of the molecule is CCNC(=NCCCOCC)NCCOc1ccc(C)cc1.I. The lowest BCUT2D eigenvalue weighted by Crippen LogP contribution is -2.39. The summed E-state index contributed by atoms with van der Waals surface area (Å²) in [5, 5.41) is 6.49. The van der Waals surface area contributed by atoms with E-state index in [2.05, 4.69) is 29.5 Å². The summed E-state index contributed by atoms with van der Waals surface area (Å²) >= 11 is 0. The summed E-state index contributed by atoms with van der Waals surface area (Å²) in [7, 11) is 0. The molecular weight excluding hydrogens is 405 g/mol. The number of nitrogens with one attached hydrogen (secondary N) is 2. The Labute approximate surface area is 157 Å². The van der Waals surface area contributed by atoms with Crippen molar-refractivity contribution < 1.29 is 9.47 Å². The Morgan fingerprint density at radius 3 is 2.48 bits per heavy atom. The molecule has 0 amide bonds. The molecule has 1 aromatic carbocycles. The number of aliphatic imine (C=N–C) groups is 1. The fourth-order valence-electron chi connectivity index (χ4n) is 1.82. The van der Waals surface area contributed by atoms with E-state index in [1.165, 1.54) is 5.56 Å². The lowest BCUT2D eigenvalue weighted by atomic mass is 10.2. The van der Waals surface area contributed by atoms with E-state index in [-0.39, 0.29) is 24.0 Å². The van der Waals surface area contributed by atoms with Gasteiger partial charge in [-0.05, 0) is 39.3 Å². The van der Waals surface area contributed by atoms with Crippen LogP contribution in [0.25, 0.3) is 0 Å². The molecule has 0 aromatic heterocycles. The molecule has 0 bridgehead atoms. The van der Waals surface area contributed by atoms with Gasteiger partial charge in [-0.25, -0.2) is 0 Å². The molecule has 1 aromatic rings. The highest BCUT2D eigenvalue weighted by Gasteiger charge is 1.97. The molecule has 0 unspecified atom stereocenters. The minimum Gasteiger partial charge on any atom is -0.492 e. The summed E-state index contributed by atoms with van der Waals surface area (Å²) in [6.07, 6.45) is 0.935. The van der Waals surface area contributed by atoms with Crippen molar-refractivity contribution in [2.75, 3.05) is 39.5 Å². The van der Waals surface area contributed by atoms with Crippen molar-refractivity contribution in [1.82, 2.24) is 10.6 Å². The third kappa shape index (κ3) is 11.2. The van der Waals surface area contributed by atoms with Gasteiger partial charge in [-0.3, -0.25) is 4.99 Å². The maximum Gasteiger partial charge on any atom is 0.191 e. The van der Waals surface area contributed by atoms with Gasteiger partial charge < -0.3 is 20.1 Å². The zero-order valence-electron chi connectivity index (χ0n) is 14.4. The van der Waals surface area contributed by atoms with Crippen LogP contribution in [-0.2, 0) is 4.74 Å². The number of benzene rings is 1. The first kappa shape index (κ1) is 22.0. The third-order valence-electron chi connectivity index (χ3n) is 2.95. The second-order valence-electron chi connectivity index (χ2n) is 4.90. The number of aryl methyl sites for hydroxylation is 1. The molecule has 0 spiro atoms. The molecule has 0 saturated heterocycles. The molecule has 0 aliphatic rings. The van der Waals surface area contributed by atoms with Gasteiger partial charge in [0.2, 0.25) is 0 Å². The number of ether oxygens (including phenoxy) is 2. The molecule has 0 saturated carbocycles. The molecule has 0 aliphatic carbocycles. The molecule has 132 valence electrons. The van der Waals surface area contributed by atoms with E-state index < -0.39 is 0 Å². The van der Waals surface area contributed by atoms with Crippen LogP contribution in [0.15, 0.2) is 29.3 Å². The third-order valence-corrected chi connectivity index (χ3v) is 2.95. The number of guanidine groups is 1. The van der Waals surface area contributed by atoms with Crippen LogP contribution < -0.4 is 15.4 Å². The summed E-state index contributed by atoms with van der Waals surface area (Å²) < 4.78 is 11.0. The number of hydrogen-bond donors (Lipinski definition) is 2. The summed E-state index contributed by atoms with van der Waals surface area (Å²) in [6.45, 7) is 10.6. The van der Waals surface area contributed by atoms with Crippen LogP contribution in [0.4, 0.5) is 0 Å². The lowest BCUT2D eigenvalue weighted by Gasteiger charge is -2.12. The first-order valence-corrected chi connectivity index (χ1v) is 8.05. The lowest BCUT2D eigenvalue weighted by molar-refractivity contribution is 0.146. The second-order valence-corrected chi connectivity index (χ2v) is 4.90. The molecule has 0 fully saturated rings. The molecule has 6 heteroatoms. The first-order chi connectivity index (χ1) is 10.8. The average molecular weight is 435 g/mol. The maximum absolute atomic E-state index is 5.68. The molecule has 23 heavy (non-hydrogen) atoms. The number of nitrogens with zero attached hydrogens (tertiary/aromatic N) is 1. The van der Waals surface area contributed by atoms with Crippen LogP contribution in [0.5, 0.6) is 5.75 Å². The number of hydrogen-bond acceptors (Lipinski definition) is 3. The van der Waals surface area contributed by atoms with Crippen LogP contribution in [0.3, 0.4) is 0 Å². The molecule has 0 radical (unpaired) electrons. The zero-order valence-corrected chi connectivity index (χ0v) is 16.8. The zero-order chi connectivity index (χ0) is 16.0. The minimum atomic E-state index is 0. The van der Waals surface area contributed by atoms with Gasteiger partial charge in [-0.15, -0.1) is 24.0 Å². The topological polar surface area (TPSA) is 54.9 Å². The van der Waals surface area contributed by atoms with Crippen LogP contribution in [0, 0.1) is 6.92 Å². The van der Waals surface area contributed by atoms with Gasteiger partial charge in [-0.2, -0.15) is 0 Å². The van der Waals surface area contributed by atoms with Gasteiger partial charge in [0.05, 0.1) is 6.54 Å². The maximum atomic E-state index is 5.68. The van der Waals surface area contributed by atoms with Crippen molar-refractivity contribution in [3.63, 3.8) is 0 Å². The Bertz CT molecular complexity index is 424. The van der Waals surface area contributed by atoms with Crippen molar-refractivity contribution >= 4 is 29.9 Å². The van der Waals surface area contributed by atoms with Crippen LogP contribution in [0.2, 0.25) is 0 Å². The van der Waals surface area contributed by atoms with E-state index >= 15 is 0 Å². The van der Waals surface area contributed by atoms with E-state index in [9.17, 15) is 0 Å². The first-order valence-electron chi connectivity index (χ1n) is 8.05. The predicted molar refractivity (Wildman–Crippen MR) is 107 cm³/mol. The Hall–Kier alpha value is -1.02. The van der Waals surface area contributed by atoms with Gasteiger partial charge in [0.15, 0.2) is 5.96 Å². The largest absolute Gasteiger partial charge is 0.492 e. The van der Waals surface area contributed by atoms with Crippen molar-refractivity contribution in [2.24, 2.45) is 4.99 Å². The smallest absolute Gasteiger partial charge is 0.191 e. The van der Waals surface area contributed by atoms with Crippen molar-refractivity contribution in [3.8, 4) is 5.75 Å². The summed E-state index contributed by atoms with van der Waals surface area (Å²) in [4.78, 5) is 4.50. The van der Waals surface area contributed by atoms with E-state index in [4.69, 9.17) is 9.47 Å². The summed E-state index contributed by atoms with van der Waals surface area (Å²) in [6, 6.07) is 8.07. The Balaban J connectivity index is 0.00000484. The number of halogens is 1. The average Bonchev–Trinajstić information content (AvgIpc) is 2.53.